The van der Waals surface area contributed by atoms with Gasteiger partial charge in [0, 0.05) is 19.8 Å². The number of rotatable bonds is 3. The van der Waals surface area contributed by atoms with E-state index >= 15 is 0 Å². The van der Waals surface area contributed by atoms with E-state index in [-0.39, 0.29) is 17.5 Å². The van der Waals surface area contributed by atoms with Crippen LogP contribution in [0.4, 0.5) is 10.1 Å². The summed E-state index contributed by atoms with van der Waals surface area (Å²) in [6.45, 7) is 0.268. The second kappa shape index (κ2) is 5.32. The van der Waals surface area contributed by atoms with Gasteiger partial charge in [-0.3, -0.25) is 4.79 Å². The van der Waals surface area contributed by atoms with Crippen LogP contribution in [-0.4, -0.2) is 10.5 Å². The van der Waals surface area contributed by atoms with Gasteiger partial charge in [0.25, 0.3) is 5.91 Å². The maximum Gasteiger partial charge on any atom is 0.268 e. The molecule has 0 aliphatic carbocycles. The van der Waals surface area contributed by atoms with E-state index in [0.717, 1.165) is 5.56 Å². The van der Waals surface area contributed by atoms with E-state index in [1.807, 2.05) is 0 Å². The molecule has 1 heterocycles. The summed E-state index contributed by atoms with van der Waals surface area (Å²) in [5.74, 6) is -0.730. The highest BCUT2D eigenvalue weighted by Crippen LogP contribution is 2.16. The number of nitrogen functional groups attached to an aromatic ring is 1. The van der Waals surface area contributed by atoms with E-state index < -0.39 is 5.82 Å². The lowest BCUT2D eigenvalue weighted by molar-refractivity contribution is 0.0943. The van der Waals surface area contributed by atoms with Crippen molar-refractivity contribution in [3.05, 3.63) is 52.6 Å². The molecule has 1 aromatic carbocycles. The maximum absolute atomic E-state index is 13.0. The number of carbonyl (C=O) groups excluding carboxylic acids is 1. The third-order valence-electron chi connectivity index (χ3n) is 2.70. The monoisotopic (exact) mass is 281 g/mol. The van der Waals surface area contributed by atoms with Gasteiger partial charge in [-0.2, -0.15) is 0 Å². The van der Waals surface area contributed by atoms with Gasteiger partial charge in [0.15, 0.2) is 0 Å². The fourth-order valence-electron chi connectivity index (χ4n) is 1.74. The summed E-state index contributed by atoms with van der Waals surface area (Å²) in [6, 6.07) is 5.91. The number of amides is 1. The van der Waals surface area contributed by atoms with Gasteiger partial charge in [-0.05, 0) is 23.8 Å². The molecule has 1 amide bonds. The van der Waals surface area contributed by atoms with Crippen molar-refractivity contribution < 1.29 is 9.18 Å². The van der Waals surface area contributed by atoms with Crippen molar-refractivity contribution in [2.24, 2.45) is 7.05 Å². The van der Waals surface area contributed by atoms with Gasteiger partial charge >= 0.3 is 0 Å². The number of carbonyl (C=O) groups is 1. The fraction of sp³-hybridized carbons (Fsp3) is 0.154. The molecule has 0 saturated carbocycles. The Morgan fingerprint density at radius 2 is 2.21 bits per heavy atom. The minimum atomic E-state index is -0.480. The van der Waals surface area contributed by atoms with Crippen LogP contribution in [0.2, 0.25) is 5.02 Å². The first-order valence-electron chi connectivity index (χ1n) is 5.61. The number of nitrogens with zero attached hydrogens (tertiary/aromatic N) is 1. The van der Waals surface area contributed by atoms with Crippen LogP contribution in [0.1, 0.15) is 16.1 Å². The minimum absolute atomic E-state index is 0.0369. The predicted octanol–water partition coefficient (Wildman–Crippen LogP) is 2.33. The van der Waals surface area contributed by atoms with Gasteiger partial charge in [-0.15, -0.1) is 0 Å². The molecule has 6 heteroatoms. The molecule has 0 fully saturated rings. The predicted molar refractivity (Wildman–Crippen MR) is 72.4 cm³/mol. The second-order valence-electron chi connectivity index (χ2n) is 4.20. The Bertz CT molecular complexity index is 624. The average molecular weight is 282 g/mol. The molecule has 0 bridgehead atoms. The number of halogens is 2. The Morgan fingerprint density at radius 3 is 2.79 bits per heavy atom. The Labute approximate surface area is 115 Å². The molecule has 0 radical (unpaired) electrons. The van der Waals surface area contributed by atoms with Crippen LogP contribution in [0.15, 0.2) is 30.5 Å². The molecule has 0 unspecified atom stereocenters. The number of aromatic nitrogens is 1. The van der Waals surface area contributed by atoms with Crippen molar-refractivity contribution in [1.29, 1.82) is 0 Å². The maximum atomic E-state index is 13.0. The molecule has 0 spiro atoms. The van der Waals surface area contributed by atoms with Gasteiger partial charge in [-0.1, -0.05) is 17.7 Å². The van der Waals surface area contributed by atoms with Crippen LogP contribution in [0.25, 0.3) is 0 Å². The smallest absolute Gasteiger partial charge is 0.268 e. The minimum Gasteiger partial charge on any atom is -0.397 e. The number of hydrogen-bond acceptors (Lipinski definition) is 2. The van der Waals surface area contributed by atoms with Crippen molar-refractivity contribution in [2.45, 2.75) is 6.54 Å². The van der Waals surface area contributed by atoms with E-state index in [1.54, 1.807) is 29.9 Å². The van der Waals surface area contributed by atoms with Crippen LogP contribution >= 0.6 is 11.6 Å². The summed E-state index contributed by atoms with van der Waals surface area (Å²) in [5, 5.41) is 2.76. The lowest BCUT2D eigenvalue weighted by Crippen LogP contribution is -2.24. The molecule has 4 nitrogen and oxygen atoms in total. The van der Waals surface area contributed by atoms with Crippen LogP contribution in [0.3, 0.4) is 0 Å². The van der Waals surface area contributed by atoms with Gasteiger partial charge in [-0.25, -0.2) is 4.39 Å². The zero-order valence-electron chi connectivity index (χ0n) is 10.3. The lowest BCUT2D eigenvalue weighted by atomic mass is 10.2. The molecule has 0 aliphatic rings. The molecule has 2 rings (SSSR count). The summed E-state index contributed by atoms with van der Waals surface area (Å²) >= 11 is 5.67. The highest BCUT2D eigenvalue weighted by Gasteiger charge is 2.10. The van der Waals surface area contributed by atoms with Gasteiger partial charge < -0.3 is 15.6 Å². The second-order valence-corrected chi connectivity index (χ2v) is 4.61. The molecular formula is C13H13ClFN3O. The Hall–Kier alpha value is -2.01. The number of anilines is 1. The number of nitrogens with two attached hydrogens (primary N) is 1. The summed E-state index contributed by atoms with van der Waals surface area (Å²) in [4.78, 5) is 11.9. The number of aryl methyl sites for hydroxylation is 1. The molecule has 2 aromatic rings. The quantitative estimate of drug-likeness (QED) is 0.907. The van der Waals surface area contributed by atoms with Crippen molar-refractivity contribution in [3.63, 3.8) is 0 Å². The topological polar surface area (TPSA) is 60.0 Å². The summed E-state index contributed by atoms with van der Waals surface area (Å²) in [7, 11) is 1.74. The molecule has 0 aliphatic heterocycles. The molecule has 1 aromatic heterocycles. The zero-order chi connectivity index (χ0) is 14.0. The number of nitrogens with one attached hydrogen (secondary N) is 1. The molecule has 100 valence electrons. The first-order valence-corrected chi connectivity index (χ1v) is 5.99. The first kappa shape index (κ1) is 13.4. The van der Waals surface area contributed by atoms with Crippen molar-refractivity contribution in [1.82, 2.24) is 9.88 Å². The highest BCUT2D eigenvalue weighted by molar-refractivity contribution is 6.30. The number of hydrogen-bond donors (Lipinski definition) is 2. The van der Waals surface area contributed by atoms with Gasteiger partial charge in [0.05, 0.1) is 10.7 Å². The first-order chi connectivity index (χ1) is 8.97. The molecule has 3 N–H and O–H groups in total. The molecule has 0 atom stereocenters. The zero-order valence-corrected chi connectivity index (χ0v) is 11.0. The van der Waals surface area contributed by atoms with E-state index in [0.29, 0.717) is 11.4 Å². The van der Waals surface area contributed by atoms with E-state index in [4.69, 9.17) is 17.3 Å². The van der Waals surface area contributed by atoms with E-state index in [2.05, 4.69) is 5.32 Å². The Balaban J connectivity index is 2.04. The lowest BCUT2D eigenvalue weighted by Gasteiger charge is -2.06. The highest BCUT2D eigenvalue weighted by atomic mass is 35.5. The fourth-order valence-corrected chi connectivity index (χ4v) is 1.94. The van der Waals surface area contributed by atoms with E-state index in [1.165, 1.54) is 12.1 Å². The Morgan fingerprint density at radius 1 is 1.47 bits per heavy atom. The van der Waals surface area contributed by atoms with Crippen molar-refractivity contribution >= 4 is 23.2 Å². The Kier molecular flexibility index (Phi) is 3.76. The van der Waals surface area contributed by atoms with Crippen LogP contribution < -0.4 is 11.1 Å². The third-order valence-corrected chi connectivity index (χ3v) is 2.99. The standard InChI is InChI=1S/C13H13ClFN3O/c1-18-7-9(16)5-12(18)13(19)17-6-8-2-3-11(15)10(14)4-8/h2-5,7H,6,16H2,1H3,(H,17,19). The summed E-state index contributed by atoms with van der Waals surface area (Å²) < 4.78 is 14.6. The average Bonchev–Trinajstić information content (AvgIpc) is 2.70. The SMILES string of the molecule is Cn1cc(N)cc1C(=O)NCc1ccc(F)c(Cl)c1. The van der Waals surface area contributed by atoms with Gasteiger partial charge in [0.1, 0.15) is 11.5 Å². The van der Waals surface area contributed by atoms with Gasteiger partial charge in [0.2, 0.25) is 0 Å². The van der Waals surface area contributed by atoms with Crippen LogP contribution in [-0.2, 0) is 13.6 Å². The molecule has 0 saturated heterocycles. The number of benzene rings is 1. The van der Waals surface area contributed by atoms with Crippen molar-refractivity contribution in [2.75, 3.05) is 5.73 Å². The summed E-state index contributed by atoms with van der Waals surface area (Å²) in [6.07, 6.45) is 1.66. The third kappa shape index (κ3) is 3.06. The van der Waals surface area contributed by atoms with Crippen LogP contribution in [0, 0.1) is 5.82 Å². The summed E-state index contributed by atoms with van der Waals surface area (Å²) in [5.41, 5.74) is 7.31. The largest absolute Gasteiger partial charge is 0.397 e. The van der Waals surface area contributed by atoms with Crippen molar-refractivity contribution in [3.8, 4) is 0 Å². The molecular weight excluding hydrogens is 269 g/mol. The van der Waals surface area contributed by atoms with E-state index in [9.17, 15) is 9.18 Å². The van der Waals surface area contributed by atoms with Crippen LogP contribution in [0.5, 0.6) is 0 Å². The molecule has 19 heavy (non-hydrogen) atoms. The normalized spacial score (nSPS) is 10.5.